The molecule has 7 nitrogen and oxygen atoms in total. The van der Waals surface area contributed by atoms with Crippen LogP contribution in [0.2, 0.25) is 5.15 Å². The van der Waals surface area contributed by atoms with Crippen molar-refractivity contribution in [2.75, 3.05) is 6.26 Å². The largest absolute Gasteiger partial charge is 0.303 e. The number of nitrogens with zero attached hydrogens (tertiary/aromatic N) is 5. The molecular formula is C26H22ClN5O2S. The van der Waals surface area contributed by atoms with Crippen LogP contribution in [0.1, 0.15) is 11.5 Å². The Morgan fingerprint density at radius 1 is 0.943 bits per heavy atom. The third kappa shape index (κ3) is 4.50. The lowest BCUT2D eigenvalue weighted by Crippen LogP contribution is -2.04. The van der Waals surface area contributed by atoms with Gasteiger partial charge < -0.3 is 4.57 Å². The first kappa shape index (κ1) is 23.0. The highest BCUT2D eigenvalue weighted by molar-refractivity contribution is 7.90. The van der Waals surface area contributed by atoms with E-state index < -0.39 is 9.84 Å². The normalized spacial score (nSPS) is 11.7. The highest BCUT2D eigenvalue weighted by Gasteiger charge is 2.17. The van der Waals surface area contributed by atoms with Gasteiger partial charge in [0.1, 0.15) is 11.0 Å². The number of rotatable bonds is 5. The zero-order chi connectivity index (χ0) is 24.7. The van der Waals surface area contributed by atoms with Crippen molar-refractivity contribution in [2.24, 2.45) is 0 Å². The van der Waals surface area contributed by atoms with Crippen molar-refractivity contribution >= 4 is 21.4 Å². The number of imidazole rings is 1. The van der Waals surface area contributed by atoms with E-state index in [4.69, 9.17) is 11.6 Å². The van der Waals surface area contributed by atoms with E-state index in [0.717, 1.165) is 45.3 Å². The van der Waals surface area contributed by atoms with Gasteiger partial charge in [0.05, 0.1) is 40.1 Å². The summed E-state index contributed by atoms with van der Waals surface area (Å²) in [6, 6.07) is 18.5. The first-order valence-corrected chi connectivity index (χ1v) is 13.1. The van der Waals surface area contributed by atoms with Gasteiger partial charge in [-0.3, -0.25) is 0 Å². The Morgan fingerprint density at radius 2 is 1.74 bits per heavy atom. The van der Waals surface area contributed by atoms with Gasteiger partial charge in [0.25, 0.3) is 0 Å². The molecule has 0 amide bonds. The zero-order valence-corrected chi connectivity index (χ0v) is 20.9. The molecule has 0 spiro atoms. The van der Waals surface area contributed by atoms with Crippen LogP contribution in [-0.4, -0.2) is 39.0 Å². The number of sulfone groups is 1. The Morgan fingerprint density at radius 3 is 2.43 bits per heavy atom. The maximum Gasteiger partial charge on any atom is 0.175 e. The predicted molar refractivity (Wildman–Crippen MR) is 137 cm³/mol. The van der Waals surface area contributed by atoms with Crippen LogP contribution >= 0.6 is 11.6 Å². The molecule has 0 aliphatic rings. The van der Waals surface area contributed by atoms with E-state index in [9.17, 15) is 8.42 Å². The molecule has 0 bridgehead atoms. The second-order valence-corrected chi connectivity index (χ2v) is 10.7. The van der Waals surface area contributed by atoms with Gasteiger partial charge in [-0.15, -0.1) is 0 Å². The number of hydrogen-bond donors (Lipinski definition) is 0. The topological polar surface area (TPSA) is 82.7 Å². The number of hydrogen-bond acceptors (Lipinski definition) is 5. The molecule has 0 radical (unpaired) electrons. The van der Waals surface area contributed by atoms with Crippen molar-refractivity contribution < 1.29 is 8.42 Å². The zero-order valence-electron chi connectivity index (χ0n) is 19.3. The molecule has 0 aliphatic carbocycles. The van der Waals surface area contributed by atoms with Crippen LogP contribution in [0.15, 0.2) is 84.1 Å². The first-order chi connectivity index (χ1) is 16.7. The fourth-order valence-electron chi connectivity index (χ4n) is 4.11. The molecule has 0 saturated carbocycles. The molecule has 0 aliphatic heterocycles. The molecule has 176 valence electrons. The van der Waals surface area contributed by atoms with Crippen LogP contribution in [0.3, 0.4) is 0 Å². The predicted octanol–water partition coefficient (Wildman–Crippen LogP) is 5.46. The van der Waals surface area contributed by atoms with Gasteiger partial charge >= 0.3 is 0 Å². The van der Waals surface area contributed by atoms with Crippen molar-refractivity contribution in [1.82, 2.24) is 24.3 Å². The summed E-state index contributed by atoms with van der Waals surface area (Å²) in [6.07, 6.45) is 6.60. The Kier molecular flexibility index (Phi) is 5.78. The van der Waals surface area contributed by atoms with Crippen molar-refractivity contribution in [1.29, 1.82) is 0 Å². The Labute approximate surface area is 208 Å². The summed E-state index contributed by atoms with van der Waals surface area (Å²) < 4.78 is 28.1. The van der Waals surface area contributed by atoms with E-state index in [1.54, 1.807) is 41.3 Å². The molecule has 0 N–H and O–H groups in total. The summed E-state index contributed by atoms with van der Waals surface area (Å²) in [7, 11) is -3.33. The third-order valence-electron chi connectivity index (χ3n) is 5.73. The van der Waals surface area contributed by atoms with E-state index in [1.165, 1.54) is 6.26 Å². The van der Waals surface area contributed by atoms with Crippen LogP contribution in [0.4, 0.5) is 0 Å². The Hall–Kier alpha value is -3.75. The lowest BCUT2D eigenvalue weighted by atomic mass is 9.99. The minimum Gasteiger partial charge on any atom is -0.303 e. The summed E-state index contributed by atoms with van der Waals surface area (Å²) in [4.78, 5) is 9.04. The standard InChI is InChI=1S/C26H22ClN5O2S/c1-17-16-31(18(2)30-17)24-9-7-20(19-5-4-6-22(13-19)35(3,33)34)14-23(24)25-11-12-29-32(25)21-8-10-26(27)28-15-21/h4-16H,1-3H3. The molecule has 0 saturated heterocycles. The van der Waals surface area contributed by atoms with Crippen molar-refractivity contribution in [3.8, 4) is 33.8 Å². The maximum absolute atomic E-state index is 12.1. The molecule has 35 heavy (non-hydrogen) atoms. The van der Waals surface area contributed by atoms with Gasteiger partial charge in [0.2, 0.25) is 0 Å². The molecule has 2 aromatic carbocycles. The summed E-state index contributed by atoms with van der Waals surface area (Å²) in [5.74, 6) is 0.856. The van der Waals surface area contributed by atoms with Gasteiger partial charge in [0, 0.05) is 18.0 Å². The summed E-state index contributed by atoms with van der Waals surface area (Å²) in [6.45, 7) is 3.92. The average molecular weight is 504 g/mol. The van der Waals surface area contributed by atoms with E-state index in [1.807, 2.05) is 61.0 Å². The van der Waals surface area contributed by atoms with Crippen LogP contribution in [0.5, 0.6) is 0 Å². The smallest absolute Gasteiger partial charge is 0.175 e. The summed E-state index contributed by atoms with van der Waals surface area (Å²) in [5, 5.41) is 4.94. The molecule has 0 atom stereocenters. The van der Waals surface area contributed by atoms with E-state index >= 15 is 0 Å². The second-order valence-electron chi connectivity index (χ2n) is 8.30. The van der Waals surface area contributed by atoms with E-state index in [0.29, 0.717) is 5.15 Å². The van der Waals surface area contributed by atoms with Crippen LogP contribution in [0.25, 0.3) is 33.8 Å². The van der Waals surface area contributed by atoms with Crippen LogP contribution < -0.4 is 0 Å². The molecule has 5 aromatic rings. The second kappa shape index (κ2) is 8.79. The third-order valence-corrected chi connectivity index (χ3v) is 7.06. The number of halogens is 1. The number of aromatic nitrogens is 5. The van der Waals surface area contributed by atoms with Gasteiger partial charge in [0.15, 0.2) is 9.84 Å². The van der Waals surface area contributed by atoms with Gasteiger partial charge in [-0.25, -0.2) is 23.1 Å². The van der Waals surface area contributed by atoms with E-state index in [2.05, 4.69) is 15.1 Å². The molecule has 9 heteroatoms. The number of pyridine rings is 1. The lowest BCUT2D eigenvalue weighted by Gasteiger charge is -2.16. The molecule has 0 fully saturated rings. The molecule has 5 rings (SSSR count). The highest BCUT2D eigenvalue weighted by Crippen LogP contribution is 2.34. The fourth-order valence-corrected chi connectivity index (χ4v) is 4.88. The van der Waals surface area contributed by atoms with Crippen molar-refractivity contribution in [2.45, 2.75) is 18.7 Å². The minimum absolute atomic E-state index is 0.277. The fraction of sp³-hybridized carbons (Fsp3) is 0.115. The van der Waals surface area contributed by atoms with Crippen molar-refractivity contribution in [3.63, 3.8) is 0 Å². The van der Waals surface area contributed by atoms with Gasteiger partial charge in [-0.05, 0) is 67.4 Å². The minimum atomic E-state index is -3.33. The maximum atomic E-state index is 12.1. The van der Waals surface area contributed by atoms with Crippen LogP contribution in [-0.2, 0) is 9.84 Å². The summed E-state index contributed by atoms with van der Waals surface area (Å²) >= 11 is 5.99. The first-order valence-electron chi connectivity index (χ1n) is 10.8. The Balaban J connectivity index is 1.74. The lowest BCUT2D eigenvalue weighted by molar-refractivity contribution is 0.602. The van der Waals surface area contributed by atoms with Gasteiger partial charge in [-0.2, -0.15) is 5.10 Å². The SMILES string of the molecule is Cc1cn(-c2ccc(-c3cccc(S(C)(=O)=O)c3)cc2-c2ccnn2-c2ccc(Cl)nc2)c(C)n1. The van der Waals surface area contributed by atoms with E-state index in [-0.39, 0.29) is 4.90 Å². The number of benzene rings is 2. The molecule has 3 heterocycles. The van der Waals surface area contributed by atoms with Gasteiger partial charge in [-0.1, -0.05) is 29.8 Å². The molecular weight excluding hydrogens is 482 g/mol. The van der Waals surface area contributed by atoms with Crippen LogP contribution in [0, 0.1) is 13.8 Å². The summed E-state index contributed by atoms with van der Waals surface area (Å²) in [5.41, 5.74) is 6.03. The van der Waals surface area contributed by atoms with Crippen molar-refractivity contribution in [3.05, 3.63) is 95.9 Å². The number of aryl methyl sites for hydroxylation is 2. The highest BCUT2D eigenvalue weighted by atomic mass is 35.5. The monoisotopic (exact) mass is 503 g/mol. The quantitative estimate of drug-likeness (QED) is 0.297. The molecule has 3 aromatic heterocycles. The molecule has 0 unspecified atom stereocenters. The average Bonchev–Trinajstić information content (AvgIpc) is 3.45. The Bertz CT molecular complexity index is 1650.